The molecule has 0 saturated carbocycles. The third kappa shape index (κ3) is 5.92. The molecule has 1 aromatic carbocycles. The number of benzene rings is 1. The van der Waals surface area contributed by atoms with Crippen LogP contribution < -0.4 is 5.32 Å². The van der Waals surface area contributed by atoms with E-state index < -0.39 is 0 Å². The van der Waals surface area contributed by atoms with Crippen molar-refractivity contribution in [3.8, 4) is 0 Å². The van der Waals surface area contributed by atoms with Crippen LogP contribution in [0.3, 0.4) is 0 Å². The Labute approximate surface area is 194 Å². The van der Waals surface area contributed by atoms with Crippen LogP contribution in [0, 0.1) is 6.92 Å². The molecule has 1 heterocycles. The monoisotopic (exact) mass is 459 g/mol. The van der Waals surface area contributed by atoms with E-state index in [4.69, 9.17) is 4.74 Å². The number of hydrogen-bond acceptors (Lipinski definition) is 5. The Bertz CT molecular complexity index is 956. The van der Waals surface area contributed by atoms with E-state index in [1.807, 2.05) is 6.92 Å². The summed E-state index contributed by atoms with van der Waals surface area (Å²) in [6, 6.07) is 6.46. The molecule has 1 N–H and O–H groups in total. The van der Waals surface area contributed by atoms with Crippen molar-refractivity contribution in [1.29, 1.82) is 0 Å². The maximum absolute atomic E-state index is 12.8. The lowest BCUT2D eigenvalue weighted by atomic mass is 9.87. The van der Waals surface area contributed by atoms with Crippen molar-refractivity contribution in [3.05, 3.63) is 45.3 Å². The number of carbonyl (C=O) groups excluding carboxylic acids is 2. The standard InChI is InChI=1S/C25H33NO3S2/c1-6-29-24(28)22-18-10-8-7-9-11-19(18)31-23(22)26-21(27)15-30-20-14-17(25(3,4)5)13-12-16(20)2/h12-14H,6-11,15H2,1-5H3,(H,26,27). The number of hydrogen-bond donors (Lipinski definition) is 1. The zero-order valence-corrected chi connectivity index (χ0v) is 20.9. The topological polar surface area (TPSA) is 55.4 Å². The Morgan fingerprint density at radius 2 is 1.90 bits per heavy atom. The fourth-order valence-corrected chi connectivity index (χ4v) is 5.94. The molecule has 2 aromatic rings. The highest BCUT2D eigenvalue weighted by Gasteiger charge is 2.26. The number of fused-ring (bicyclic) bond motifs is 1. The van der Waals surface area contributed by atoms with Crippen molar-refractivity contribution >= 4 is 40.0 Å². The number of thioether (sulfide) groups is 1. The molecule has 0 fully saturated rings. The van der Waals surface area contributed by atoms with Gasteiger partial charge < -0.3 is 10.1 Å². The van der Waals surface area contributed by atoms with Gasteiger partial charge in [0.2, 0.25) is 5.91 Å². The van der Waals surface area contributed by atoms with Crippen LogP contribution in [-0.4, -0.2) is 24.2 Å². The van der Waals surface area contributed by atoms with Gasteiger partial charge in [0, 0.05) is 9.77 Å². The van der Waals surface area contributed by atoms with Gasteiger partial charge in [0.1, 0.15) is 5.00 Å². The SMILES string of the molecule is CCOC(=O)c1c(NC(=O)CSc2cc(C(C)(C)C)ccc2C)sc2c1CCCCC2. The number of nitrogens with one attached hydrogen (secondary N) is 1. The molecule has 0 radical (unpaired) electrons. The molecular weight excluding hydrogens is 426 g/mol. The number of anilines is 1. The first kappa shape index (κ1) is 23.9. The van der Waals surface area contributed by atoms with E-state index >= 15 is 0 Å². The van der Waals surface area contributed by atoms with Gasteiger partial charge in [-0.15, -0.1) is 23.1 Å². The maximum atomic E-state index is 12.8. The number of ether oxygens (including phenoxy) is 1. The molecule has 6 heteroatoms. The van der Waals surface area contributed by atoms with E-state index in [-0.39, 0.29) is 17.3 Å². The third-order valence-electron chi connectivity index (χ3n) is 5.57. The molecule has 4 nitrogen and oxygen atoms in total. The third-order valence-corrected chi connectivity index (χ3v) is 7.93. The van der Waals surface area contributed by atoms with Crippen LogP contribution in [0.15, 0.2) is 23.1 Å². The van der Waals surface area contributed by atoms with Crippen LogP contribution in [-0.2, 0) is 27.8 Å². The van der Waals surface area contributed by atoms with E-state index in [0.717, 1.165) is 36.1 Å². The minimum Gasteiger partial charge on any atom is -0.462 e. The smallest absolute Gasteiger partial charge is 0.341 e. The molecule has 1 aliphatic carbocycles. The lowest BCUT2D eigenvalue weighted by molar-refractivity contribution is -0.113. The van der Waals surface area contributed by atoms with Crippen molar-refractivity contribution in [1.82, 2.24) is 0 Å². The van der Waals surface area contributed by atoms with E-state index in [1.165, 1.54) is 22.4 Å². The summed E-state index contributed by atoms with van der Waals surface area (Å²) in [6.45, 7) is 10.8. The summed E-state index contributed by atoms with van der Waals surface area (Å²) in [4.78, 5) is 27.8. The van der Waals surface area contributed by atoms with E-state index in [2.05, 4.69) is 51.2 Å². The van der Waals surface area contributed by atoms with Gasteiger partial charge in [-0.25, -0.2) is 4.79 Å². The zero-order chi connectivity index (χ0) is 22.6. The molecule has 0 saturated heterocycles. The van der Waals surface area contributed by atoms with Crippen molar-refractivity contribution in [2.24, 2.45) is 0 Å². The summed E-state index contributed by atoms with van der Waals surface area (Å²) >= 11 is 3.09. The van der Waals surface area contributed by atoms with Gasteiger partial charge in [0.05, 0.1) is 17.9 Å². The predicted octanol–water partition coefficient (Wildman–Crippen LogP) is 6.53. The molecule has 3 rings (SSSR count). The van der Waals surface area contributed by atoms with Crippen LogP contribution in [0.4, 0.5) is 5.00 Å². The number of rotatable bonds is 6. The molecule has 0 unspecified atom stereocenters. The van der Waals surface area contributed by atoms with Crippen LogP contribution >= 0.6 is 23.1 Å². The number of esters is 1. The number of thiophene rings is 1. The maximum Gasteiger partial charge on any atom is 0.341 e. The lowest BCUT2D eigenvalue weighted by Gasteiger charge is -2.20. The van der Waals surface area contributed by atoms with Crippen molar-refractivity contribution in [2.75, 3.05) is 17.7 Å². The summed E-state index contributed by atoms with van der Waals surface area (Å²) in [5.74, 6) is -0.106. The molecule has 1 aromatic heterocycles. The first-order valence-corrected chi connectivity index (χ1v) is 12.9. The van der Waals surface area contributed by atoms with Gasteiger partial charge in [-0.05, 0) is 67.7 Å². The summed E-state index contributed by atoms with van der Waals surface area (Å²) in [5.41, 5.74) is 4.15. The number of carbonyl (C=O) groups is 2. The Morgan fingerprint density at radius 1 is 1.16 bits per heavy atom. The van der Waals surface area contributed by atoms with Gasteiger partial charge in [0.15, 0.2) is 0 Å². The molecule has 0 atom stereocenters. The molecule has 0 spiro atoms. The second kappa shape index (κ2) is 10.2. The zero-order valence-electron chi connectivity index (χ0n) is 19.2. The summed E-state index contributed by atoms with van der Waals surface area (Å²) < 4.78 is 5.32. The van der Waals surface area contributed by atoms with Crippen molar-refractivity contribution in [2.45, 2.75) is 77.0 Å². The fourth-order valence-electron chi connectivity index (χ4n) is 3.78. The molecule has 1 amide bonds. The van der Waals surface area contributed by atoms with E-state index in [9.17, 15) is 9.59 Å². The average Bonchev–Trinajstić information content (AvgIpc) is 2.87. The average molecular weight is 460 g/mol. The van der Waals surface area contributed by atoms with E-state index in [0.29, 0.717) is 22.9 Å². The minimum absolute atomic E-state index is 0.0641. The van der Waals surface area contributed by atoms with Gasteiger partial charge in [-0.2, -0.15) is 0 Å². The molecule has 168 valence electrons. The summed E-state index contributed by atoms with van der Waals surface area (Å²) in [5, 5.41) is 3.67. The predicted molar refractivity (Wildman–Crippen MR) is 131 cm³/mol. The molecule has 31 heavy (non-hydrogen) atoms. The van der Waals surface area contributed by atoms with Crippen LogP contribution in [0.25, 0.3) is 0 Å². The van der Waals surface area contributed by atoms with Gasteiger partial charge in [-0.1, -0.05) is 39.3 Å². The Hall–Kier alpha value is -1.79. The highest BCUT2D eigenvalue weighted by atomic mass is 32.2. The normalized spacial score (nSPS) is 14.0. The van der Waals surface area contributed by atoms with Crippen molar-refractivity contribution in [3.63, 3.8) is 0 Å². The van der Waals surface area contributed by atoms with Crippen LogP contribution in [0.2, 0.25) is 0 Å². The minimum atomic E-state index is -0.321. The fraction of sp³-hybridized carbons (Fsp3) is 0.520. The van der Waals surface area contributed by atoms with Crippen LogP contribution in [0.1, 0.15) is 78.9 Å². The Morgan fingerprint density at radius 3 is 2.61 bits per heavy atom. The Balaban J connectivity index is 1.76. The highest BCUT2D eigenvalue weighted by Crippen LogP contribution is 2.38. The molecule has 0 aliphatic heterocycles. The quantitative estimate of drug-likeness (QED) is 0.303. The van der Waals surface area contributed by atoms with Crippen molar-refractivity contribution < 1.29 is 14.3 Å². The highest BCUT2D eigenvalue weighted by molar-refractivity contribution is 8.00. The first-order valence-electron chi connectivity index (χ1n) is 11.1. The summed E-state index contributed by atoms with van der Waals surface area (Å²) in [7, 11) is 0. The molecular formula is C25H33NO3S2. The second-order valence-electron chi connectivity index (χ2n) is 9.06. The van der Waals surface area contributed by atoms with E-state index in [1.54, 1.807) is 23.1 Å². The molecule has 0 bridgehead atoms. The van der Waals surface area contributed by atoms with Crippen LogP contribution in [0.5, 0.6) is 0 Å². The Kier molecular flexibility index (Phi) is 7.87. The largest absolute Gasteiger partial charge is 0.462 e. The second-order valence-corrected chi connectivity index (χ2v) is 11.2. The number of aryl methyl sites for hydroxylation is 2. The number of amides is 1. The van der Waals surface area contributed by atoms with Gasteiger partial charge in [0.25, 0.3) is 0 Å². The summed E-state index contributed by atoms with van der Waals surface area (Å²) in [6.07, 6.45) is 5.22. The molecule has 1 aliphatic rings. The van der Waals surface area contributed by atoms with Gasteiger partial charge >= 0.3 is 5.97 Å². The van der Waals surface area contributed by atoms with Gasteiger partial charge in [-0.3, -0.25) is 4.79 Å². The lowest BCUT2D eigenvalue weighted by Crippen LogP contribution is -2.17. The first-order chi connectivity index (χ1) is 14.7.